The van der Waals surface area contributed by atoms with Crippen molar-refractivity contribution in [3.63, 3.8) is 0 Å². The molecule has 0 aliphatic carbocycles. The molecule has 58 valence electrons. The van der Waals surface area contributed by atoms with Gasteiger partial charge in [-0.3, -0.25) is 0 Å². The summed E-state index contributed by atoms with van der Waals surface area (Å²) in [6, 6.07) is 0. The monoisotopic (exact) mass is 173 g/mol. The second-order valence-electron chi connectivity index (χ2n) is 1.60. The number of nitrogens with one attached hydrogen (secondary N) is 1. The smallest absolute Gasteiger partial charge is 0.451 e. The standard InChI is InChI=1S/C4H3N5O.ClH/c5-3(10)2-4(9-6)8-1-7-2;/h1,4H,(H-,5,10);1H. The van der Waals surface area contributed by atoms with Gasteiger partial charge in [0.1, 0.15) is 6.34 Å². The Hall–Kier alpha value is -1.48. The molecule has 1 atom stereocenters. The van der Waals surface area contributed by atoms with Crippen LogP contribution in [0.4, 0.5) is 0 Å². The Labute approximate surface area is 68.2 Å². The number of hydrogen-bond acceptors (Lipinski definition) is 5. The molecule has 7 heteroatoms. The molecule has 0 aromatic rings. The van der Waals surface area contributed by atoms with Crippen LogP contribution in [-0.4, -0.2) is 24.1 Å². The van der Waals surface area contributed by atoms with Crippen molar-refractivity contribution in [2.45, 2.75) is 6.17 Å². The van der Waals surface area contributed by atoms with E-state index >= 15 is 0 Å². The van der Waals surface area contributed by atoms with Crippen molar-refractivity contribution in [1.82, 2.24) is 0 Å². The van der Waals surface area contributed by atoms with Crippen LogP contribution in [0.25, 0.3) is 4.98 Å². The Morgan fingerprint density at radius 1 is 1.82 bits per heavy atom. The van der Waals surface area contributed by atoms with Gasteiger partial charge in [0.15, 0.2) is 10.7 Å². The van der Waals surface area contributed by atoms with Crippen LogP contribution >= 0.6 is 12.4 Å². The zero-order chi connectivity index (χ0) is 7.56. The van der Waals surface area contributed by atoms with Crippen molar-refractivity contribution in [1.29, 1.82) is 10.8 Å². The second-order valence-corrected chi connectivity index (χ2v) is 1.60. The van der Waals surface area contributed by atoms with Gasteiger partial charge in [-0.05, 0) is 0 Å². The third kappa shape index (κ3) is 1.72. The van der Waals surface area contributed by atoms with Crippen molar-refractivity contribution in [3.8, 4) is 0 Å². The molecule has 0 bridgehead atoms. The Morgan fingerprint density at radius 3 is 2.82 bits per heavy atom. The van der Waals surface area contributed by atoms with Gasteiger partial charge in [-0.15, -0.1) is 12.4 Å². The van der Waals surface area contributed by atoms with Crippen molar-refractivity contribution in [2.75, 3.05) is 0 Å². The summed E-state index contributed by atoms with van der Waals surface area (Å²) in [6.45, 7) is 0. The van der Waals surface area contributed by atoms with Crippen LogP contribution in [0, 0.1) is 10.8 Å². The summed E-state index contributed by atoms with van der Waals surface area (Å²) in [4.78, 5) is 9.61. The van der Waals surface area contributed by atoms with Gasteiger partial charge >= 0.3 is 6.17 Å². The average Bonchev–Trinajstić information content (AvgIpc) is 2.33. The van der Waals surface area contributed by atoms with E-state index in [0.717, 1.165) is 6.34 Å². The SMILES string of the molecule is Cl.N#[N+]C1N=CN=C1C(=N)[O-]. The maximum Gasteiger partial charge on any atom is 0.451 e. The van der Waals surface area contributed by atoms with Crippen molar-refractivity contribution in [3.05, 3.63) is 4.98 Å². The lowest BCUT2D eigenvalue weighted by Crippen LogP contribution is -2.31. The van der Waals surface area contributed by atoms with Crippen molar-refractivity contribution in [2.24, 2.45) is 9.98 Å². The van der Waals surface area contributed by atoms with Crippen LogP contribution in [0.3, 0.4) is 0 Å². The van der Waals surface area contributed by atoms with E-state index in [1.54, 1.807) is 0 Å². The summed E-state index contributed by atoms with van der Waals surface area (Å²) in [5, 5.41) is 25.1. The molecule has 1 unspecified atom stereocenters. The molecule has 1 heterocycles. The first-order chi connectivity index (χ1) is 4.75. The van der Waals surface area contributed by atoms with E-state index < -0.39 is 12.1 Å². The Bertz CT molecular complexity index is 264. The Morgan fingerprint density at radius 2 is 2.45 bits per heavy atom. The fourth-order valence-corrected chi connectivity index (χ4v) is 0.556. The van der Waals surface area contributed by atoms with Crippen molar-refractivity contribution < 1.29 is 5.11 Å². The van der Waals surface area contributed by atoms with Gasteiger partial charge in [0.2, 0.25) is 5.39 Å². The molecule has 0 aromatic carbocycles. The summed E-state index contributed by atoms with van der Waals surface area (Å²) < 4.78 is 0. The first-order valence-corrected chi connectivity index (χ1v) is 2.45. The predicted molar refractivity (Wildman–Crippen MR) is 39.8 cm³/mol. The highest BCUT2D eigenvalue weighted by atomic mass is 35.5. The van der Waals surface area contributed by atoms with Crippen LogP contribution in [-0.2, 0) is 0 Å². The molecule has 1 aliphatic heterocycles. The lowest BCUT2D eigenvalue weighted by Gasteiger charge is -2.01. The first kappa shape index (κ1) is 9.52. The van der Waals surface area contributed by atoms with Crippen LogP contribution < -0.4 is 5.11 Å². The van der Waals surface area contributed by atoms with Crippen LogP contribution in [0.5, 0.6) is 0 Å². The molecule has 1 N–H and O–H groups in total. The molecular weight excluding hydrogens is 170 g/mol. The van der Waals surface area contributed by atoms with E-state index in [4.69, 9.17) is 10.8 Å². The van der Waals surface area contributed by atoms with Crippen LogP contribution in [0.15, 0.2) is 9.98 Å². The lowest BCUT2D eigenvalue weighted by molar-refractivity contribution is -0.211. The van der Waals surface area contributed by atoms with E-state index in [9.17, 15) is 5.11 Å². The third-order valence-corrected chi connectivity index (χ3v) is 0.991. The van der Waals surface area contributed by atoms with E-state index in [2.05, 4.69) is 15.0 Å². The van der Waals surface area contributed by atoms with Crippen molar-refractivity contribution >= 4 is 30.4 Å². The fourth-order valence-electron chi connectivity index (χ4n) is 0.556. The number of diazo groups is 1. The van der Waals surface area contributed by atoms with Gasteiger partial charge in [-0.25, -0.2) is 4.99 Å². The van der Waals surface area contributed by atoms with E-state index in [1.165, 1.54) is 0 Å². The molecule has 0 amide bonds. The molecular formula is C4H4ClN5O. The van der Waals surface area contributed by atoms with Crippen LogP contribution in [0.1, 0.15) is 0 Å². The number of aliphatic imine (C=N–C) groups is 2. The molecule has 11 heavy (non-hydrogen) atoms. The van der Waals surface area contributed by atoms with Crippen LogP contribution in [0.2, 0.25) is 0 Å². The summed E-state index contributed by atoms with van der Waals surface area (Å²) >= 11 is 0. The molecule has 0 saturated heterocycles. The average molecular weight is 174 g/mol. The topological polar surface area (TPSA) is 99.8 Å². The van der Waals surface area contributed by atoms with Gasteiger partial charge in [0, 0.05) is 5.90 Å². The summed E-state index contributed by atoms with van der Waals surface area (Å²) in [6.07, 6.45) is 0.108. The van der Waals surface area contributed by atoms with E-state index in [0.29, 0.717) is 0 Å². The number of rotatable bonds is 1. The van der Waals surface area contributed by atoms with Gasteiger partial charge in [0.05, 0.1) is 0 Å². The largest absolute Gasteiger partial charge is 0.858 e. The molecule has 0 aromatic heterocycles. The zero-order valence-electron chi connectivity index (χ0n) is 5.26. The molecule has 0 saturated carbocycles. The quantitative estimate of drug-likeness (QED) is 0.326. The van der Waals surface area contributed by atoms with E-state index in [-0.39, 0.29) is 18.1 Å². The fraction of sp³-hybridized carbons (Fsp3) is 0.250. The third-order valence-electron chi connectivity index (χ3n) is 0.991. The molecule has 1 rings (SSSR count). The highest BCUT2D eigenvalue weighted by Crippen LogP contribution is 2.01. The van der Waals surface area contributed by atoms with Gasteiger partial charge < -0.3 is 10.5 Å². The van der Waals surface area contributed by atoms with Gasteiger partial charge in [0.25, 0.3) is 0 Å². The minimum Gasteiger partial charge on any atom is -0.858 e. The predicted octanol–water partition coefficient (Wildman–Crippen LogP) is -0.592. The molecule has 6 nitrogen and oxygen atoms in total. The van der Waals surface area contributed by atoms with Gasteiger partial charge in [-0.1, -0.05) is 0 Å². The number of nitrogens with zero attached hydrogens (tertiary/aromatic N) is 4. The summed E-state index contributed by atoms with van der Waals surface area (Å²) in [7, 11) is 0. The minimum absolute atomic E-state index is 0. The zero-order valence-corrected chi connectivity index (χ0v) is 6.08. The normalized spacial score (nSPS) is 19.9. The summed E-state index contributed by atoms with van der Waals surface area (Å²) in [5.74, 6) is -0.972. The molecule has 0 radical (unpaired) electrons. The highest BCUT2D eigenvalue weighted by Gasteiger charge is 2.28. The lowest BCUT2D eigenvalue weighted by atomic mass is 10.3. The highest BCUT2D eigenvalue weighted by molar-refractivity contribution is 6.40. The van der Waals surface area contributed by atoms with E-state index in [1.807, 2.05) is 0 Å². The second kappa shape index (κ2) is 3.63. The Balaban J connectivity index is 0.000001000. The molecule has 1 aliphatic rings. The maximum absolute atomic E-state index is 10.3. The minimum atomic E-state index is -0.981. The molecule has 0 fully saturated rings. The number of hydrogen-bond donors (Lipinski definition) is 1. The Kier molecular flexibility index (Phi) is 3.14. The molecule has 0 spiro atoms. The maximum atomic E-state index is 10.3. The first-order valence-electron chi connectivity index (χ1n) is 2.45. The van der Waals surface area contributed by atoms with Gasteiger partial charge in [-0.2, -0.15) is 4.99 Å². The number of halogens is 1. The summed E-state index contributed by atoms with van der Waals surface area (Å²) in [5.41, 5.74) is -0.150.